The molecule has 6 heteroatoms. The lowest BCUT2D eigenvalue weighted by molar-refractivity contribution is 0.682. The van der Waals surface area contributed by atoms with E-state index >= 15 is 0 Å². The molecule has 2 aromatic rings. The van der Waals surface area contributed by atoms with Crippen molar-refractivity contribution in [1.29, 1.82) is 0 Å². The Morgan fingerprint density at radius 2 is 2.12 bits per heavy atom. The fourth-order valence-electron chi connectivity index (χ4n) is 1.45. The minimum atomic E-state index is 0.200. The Bertz CT molecular complexity index is 482. The van der Waals surface area contributed by atoms with Crippen LogP contribution in [0.3, 0.4) is 0 Å². The first-order valence-electron chi connectivity index (χ1n) is 5.17. The Kier molecular flexibility index (Phi) is 4.20. The molecule has 0 aliphatic rings. The van der Waals surface area contributed by atoms with Gasteiger partial charge in [0.1, 0.15) is 6.33 Å². The molecule has 2 N–H and O–H groups in total. The molecule has 0 fully saturated rings. The second kappa shape index (κ2) is 5.66. The summed E-state index contributed by atoms with van der Waals surface area (Å²) in [5, 5.41) is 5.13. The molecule has 1 aromatic heterocycles. The number of nitrogens with zero attached hydrogens (tertiary/aromatic N) is 3. The molecule has 2 rings (SSSR count). The molecule has 0 saturated carbocycles. The highest BCUT2D eigenvalue weighted by atomic mass is 79.9. The maximum absolute atomic E-state index is 5.82. The van der Waals surface area contributed by atoms with E-state index in [-0.39, 0.29) is 5.25 Å². The highest BCUT2D eigenvalue weighted by Crippen LogP contribution is 2.33. The van der Waals surface area contributed by atoms with Crippen LogP contribution in [-0.2, 0) is 7.05 Å². The number of benzene rings is 1. The Morgan fingerprint density at radius 3 is 2.65 bits per heavy atom. The summed E-state index contributed by atoms with van der Waals surface area (Å²) in [6, 6.07) is 8.19. The van der Waals surface area contributed by atoms with Crippen molar-refractivity contribution in [3.05, 3.63) is 40.6 Å². The van der Waals surface area contributed by atoms with Crippen molar-refractivity contribution in [2.45, 2.75) is 10.4 Å². The third kappa shape index (κ3) is 3.08. The van der Waals surface area contributed by atoms with Crippen molar-refractivity contribution in [1.82, 2.24) is 14.8 Å². The number of aromatic nitrogens is 3. The largest absolute Gasteiger partial charge is 0.329 e. The third-order valence-corrected chi connectivity index (χ3v) is 4.23. The van der Waals surface area contributed by atoms with E-state index in [1.54, 1.807) is 22.8 Å². The van der Waals surface area contributed by atoms with E-state index in [1.807, 2.05) is 19.2 Å². The van der Waals surface area contributed by atoms with Gasteiger partial charge >= 0.3 is 0 Å². The normalized spacial score (nSPS) is 12.6. The number of hydrogen-bond acceptors (Lipinski definition) is 4. The summed E-state index contributed by atoms with van der Waals surface area (Å²) >= 11 is 5.05. The fourth-order valence-corrected chi connectivity index (χ4v) is 2.67. The number of halogens is 1. The van der Waals surface area contributed by atoms with Crippen LogP contribution in [0.4, 0.5) is 0 Å². The minimum absolute atomic E-state index is 0.200. The predicted molar refractivity (Wildman–Crippen MR) is 72.8 cm³/mol. The summed E-state index contributed by atoms with van der Waals surface area (Å²) in [5.41, 5.74) is 7.02. The van der Waals surface area contributed by atoms with E-state index in [1.165, 1.54) is 5.56 Å². The molecular formula is C11H13BrN4S. The van der Waals surface area contributed by atoms with Crippen molar-refractivity contribution >= 4 is 27.7 Å². The van der Waals surface area contributed by atoms with Gasteiger partial charge in [0.25, 0.3) is 0 Å². The van der Waals surface area contributed by atoms with E-state index in [4.69, 9.17) is 5.73 Å². The zero-order chi connectivity index (χ0) is 12.3. The van der Waals surface area contributed by atoms with Gasteiger partial charge < -0.3 is 5.73 Å². The van der Waals surface area contributed by atoms with Crippen LogP contribution in [-0.4, -0.2) is 21.3 Å². The molecule has 0 saturated heterocycles. The average molecular weight is 313 g/mol. The summed E-state index contributed by atoms with van der Waals surface area (Å²) < 4.78 is 2.83. The van der Waals surface area contributed by atoms with Crippen LogP contribution < -0.4 is 5.73 Å². The van der Waals surface area contributed by atoms with Crippen molar-refractivity contribution in [2.24, 2.45) is 12.8 Å². The van der Waals surface area contributed by atoms with Gasteiger partial charge in [-0.3, -0.25) is 0 Å². The van der Waals surface area contributed by atoms with Crippen LogP contribution >= 0.6 is 27.7 Å². The van der Waals surface area contributed by atoms with E-state index in [0.29, 0.717) is 6.54 Å². The van der Waals surface area contributed by atoms with Gasteiger partial charge in [-0.25, -0.2) is 9.67 Å². The molecule has 0 amide bonds. The highest BCUT2D eigenvalue weighted by molar-refractivity contribution is 9.10. The number of hydrogen-bond donors (Lipinski definition) is 1. The molecule has 1 aromatic carbocycles. The lowest BCUT2D eigenvalue weighted by Crippen LogP contribution is -2.10. The summed E-state index contributed by atoms with van der Waals surface area (Å²) in [5.74, 6) is 0. The summed E-state index contributed by atoms with van der Waals surface area (Å²) in [6.07, 6.45) is 1.55. The van der Waals surface area contributed by atoms with Crippen molar-refractivity contribution in [3.8, 4) is 0 Å². The molecular weight excluding hydrogens is 300 g/mol. The van der Waals surface area contributed by atoms with Gasteiger partial charge in [-0.15, -0.1) is 0 Å². The standard InChI is InChI=1S/C11H13BrN4S/c1-16-11(14-7-15-16)17-10(6-13)8-2-4-9(12)5-3-8/h2-5,7,10H,6,13H2,1H3. The SMILES string of the molecule is Cn1ncnc1SC(CN)c1ccc(Br)cc1. The van der Waals surface area contributed by atoms with E-state index < -0.39 is 0 Å². The van der Waals surface area contributed by atoms with Gasteiger partial charge in [-0.1, -0.05) is 39.8 Å². The number of nitrogens with two attached hydrogens (primary N) is 1. The number of aryl methyl sites for hydroxylation is 1. The fraction of sp³-hybridized carbons (Fsp3) is 0.273. The average Bonchev–Trinajstić information content (AvgIpc) is 2.73. The molecule has 0 bridgehead atoms. The topological polar surface area (TPSA) is 56.7 Å². The molecule has 17 heavy (non-hydrogen) atoms. The maximum Gasteiger partial charge on any atom is 0.186 e. The molecule has 1 heterocycles. The zero-order valence-corrected chi connectivity index (χ0v) is 11.8. The van der Waals surface area contributed by atoms with Crippen molar-refractivity contribution in [2.75, 3.05) is 6.54 Å². The number of thioether (sulfide) groups is 1. The van der Waals surface area contributed by atoms with E-state index in [2.05, 4.69) is 38.1 Å². The quantitative estimate of drug-likeness (QED) is 0.881. The smallest absolute Gasteiger partial charge is 0.186 e. The van der Waals surface area contributed by atoms with Crippen LogP contribution in [0.5, 0.6) is 0 Å². The first kappa shape index (κ1) is 12.6. The first-order valence-corrected chi connectivity index (χ1v) is 6.84. The Balaban J connectivity index is 2.17. The molecule has 4 nitrogen and oxygen atoms in total. The maximum atomic E-state index is 5.82. The molecule has 1 atom stereocenters. The lowest BCUT2D eigenvalue weighted by atomic mass is 10.1. The zero-order valence-electron chi connectivity index (χ0n) is 9.38. The van der Waals surface area contributed by atoms with Gasteiger partial charge in [0, 0.05) is 23.3 Å². The summed E-state index contributed by atoms with van der Waals surface area (Å²) in [7, 11) is 1.88. The van der Waals surface area contributed by atoms with Crippen molar-refractivity contribution in [3.63, 3.8) is 0 Å². The first-order chi connectivity index (χ1) is 8.20. The molecule has 0 radical (unpaired) electrons. The number of rotatable bonds is 4. The Hall–Kier alpha value is -0.850. The van der Waals surface area contributed by atoms with Gasteiger partial charge in [0.15, 0.2) is 5.16 Å². The van der Waals surface area contributed by atoms with Crippen LogP contribution in [0.2, 0.25) is 0 Å². The summed E-state index contributed by atoms with van der Waals surface area (Å²) in [6.45, 7) is 0.569. The van der Waals surface area contributed by atoms with Crippen LogP contribution in [0.1, 0.15) is 10.8 Å². The van der Waals surface area contributed by atoms with Crippen LogP contribution in [0, 0.1) is 0 Å². The van der Waals surface area contributed by atoms with E-state index in [0.717, 1.165) is 9.63 Å². The Labute approximate surface area is 113 Å². The minimum Gasteiger partial charge on any atom is -0.329 e. The lowest BCUT2D eigenvalue weighted by Gasteiger charge is -2.13. The van der Waals surface area contributed by atoms with Crippen LogP contribution in [0.15, 0.2) is 40.2 Å². The van der Waals surface area contributed by atoms with Gasteiger partial charge in [-0.05, 0) is 17.7 Å². The molecule has 1 unspecified atom stereocenters. The monoisotopic (exact) mass is 312 g/mol. The van der Waals surface area contributed by atoms with Crippen molar-refractivity contribution < 1.29 is 0 Å². The van der Waals surface area contributed by atoms with E-state index in [9.17, 15) is 0 Å². The Morgan fingerprint density at radius 1 is 1.41 bits per heavy atom. The van der Waals surface area contributed by atoms with Crippen LogP contribution in [0.25, 0.3) is 0 Å². The van der Waals surface area contributed by atoms with Gasteiger partial charge in [0.2, 0.25) is 0 Å². The van der Waals surface area contributed by atoms with Gasteiger partial charge in [-0.2, -0.15) is 5.10 Å². The highest BCUT2D eigenvalue weighted by Gasteiger charge is 2.14. The summed E-state index contributed by atoms with van der Waals surface area (Å²) in [4.78, 5) is 4.20. The second-order valence-electron chi connectivity index (χ2n) is 3.56. The third-order valence-electron chi connectivity index (χ3n) is 2.37. The predicted octanol–water partition coefficient (Wildman–Crippen LogP) is 2.37. The molecule has 90 valence electrons. The molecule has 0 spiro atoms. The second-order valence-corrected chi connectivity index (χ2v) is 5.65. The molecule has 0 aliphatic heterocycles. The molecule has 0 aliphatic carbocycles. The van der Waals surface area contributed by atoms with Gasteiger partial charge in [0.05, 0.1) is 0 Å².